The first kappa shape index (κ1) is 17.4. The Bertz CT molecular complexity index is 744. The number of aryl methyl sites for hydroxylation is 1. The van der Waals surface area contributed by atoms with Crippen LogP contribution in [0.5, 0.6) is 5.75 Å². The number of ether oxygens (including phenoxy) is 1. The fraction of sp³-hybridized carbons (Fsp3) is 0.250. The summed E-state index contributed by atoms with van der Waals surface area (Å²) in [6.07, 6.45) is 1.50. The van der Waals surface area contributed by atoms with Gasteiger partial charge in [-0.1, -0.05) is 11.6 Å². The molecule has 0 saturated carbocycles. The van der Waals surface area contributed by atoms with E-state index in [1.807, 2.05) is 24.3 Å². The van der Waals surface area contributed by atoms with Gasteiger partial charge in [-0.3, -0.25) is 9.59 Å². The number of methoxy groups -OCH3 is 1. The Morgan fingerprint density at radius 3 is 2.70 bits per heavy atom. The highest BCUT2D eigenvalue weighted by molar-refractivity contribution is 7.99. The maximum absolute atomic E-state index is 12.1. The highest BCUT2D eigenvalue weighted by Crippen LogP contribution is 2.19. The van der Waals surface area contributed by atoms with Crippen LogP contribution in [0.1, 0.15) is 10.5 Å². The smallest absolute Gasteiger partial charge is 0.268 e. The molecule has 0 radical (unpaired) electrons. The van der Waals surface area contributed by atoms with Crippen molar-refractivity contribution < 1.29 is 9.53 Å². The highest BCUT2D eigenvalue weighted by atomic mass is 35.5. The molecule has 1 heterocycles. The van der Waals surface area contributed by atoms with E-state index in [1.54, 1.807) is 23.4 Å². The van der Waals surface area contributed by atoms with Gasteiger partial charge in [0.2, 0.25) is 5.43 Å². The zero-order valence-electron chi connectivity index (χ0n) is 12.8. The Morgan fingerprint density at radius 2 is 2.04 bits per heavy atom. The molecule has 122 valence electrons. The molecule has 0 aliphatic rings. The summed E-state index contributed by atoms with van der Waals surface area (Å²) < 4.78 is 6.51. The molecule has 0 unspecified atom stereocenters. The zero-order valence-corrected chi connectivity index (χ0v) is 14.4. The number of aromatic nitrogens is 1. The lowest BCUT2D eigenvalue weighted by atomic mass is 10.3. The molecule has 7 heteroatoms. The molecule has 0 bridgehead atoms. The van der Waals surface area contributed by atoms with E-state index in [9.17, 15) is 9.59 Å². The summed E-state index contributed by atoms with van der Waals surface area (Å²) in [6, 6.07) is 8.80. The maximum atomic E-state index is 12.1. The minimum atomic E-state index is -0.314. The predicted molar refractivity (Wildman–Crippen MR) is 92.7 cm³/mol. The van der Waals surface area contributed by atoms with Crippen molar-refractivity contribution in [2.45, 2.75) is 4.90 Å². The molecule has 0 fully saturated rings. The van der Waals surface area contributed by atoms with E-state index in [0.717, 1.165) is 10.6 Å². The van der Waals surface area contributed by atoms with Gasteiger partial charge in [0.25, 0.3) is 5.91 Å². The highest BCUT2D eigenvalue weighted by Gasteiger charge is 2.11. The van der Waals surface area contributed by atoms with E-state index < -0.39 is 0 Å². The van der Waals surface area contributed by atoms with E-state index >= 15 is 0 Å². The van der Waals surface area contributed by atoms with Crippen molar-refractivity contribution in [3.63, 3.8) is 0 Å². The summed E-state index contributed by atoms with van der Waals surface area (Å²) in [5.41, 5.74) is -0.0152. The van der Waals surface area contributed by atoms with Crippen molar-refractivity contribution in [2.75, 3.05) is 19.4 Å². The topological polar surface area (TPSA) is 60.3 Å². The third kappa shape index (κ3) is 4.77. The molecule has 1 amide bonds. The summed E-state index contributed by atoms with van der Waals surface area (Å²) >= 11 is 7.45. The number of nitrogens with one attached hydrogen (secondary N) is 1. The van der Waals surface area contributed by atoms with Gasteiger partial charge in [0.1, 0.15) is 5.69 Å². The van der Waals surface area contributed by atoms with Crippen molar-refractivity contribution in [2.24, 2.45) is 7.05 Å². The Labute approximate surface area is 143 Å². The van der Waals surface area contributed by atoms with Gasteiger partial charge in [0, 0.05) is 35.3 Å². The summed E-state index contributed by atoms with van der Waals surface area (Å²) in [7, 11) is 3.11. The van der Waals surface area contributed by atoms with Crippen molar-refractivity contribution >= 4 is 29.3 Å². The predicted octanol–water partition coefficient (Wildman–Crippen LogP) is 2.57. The summed E-state index contributed by atoms with van der Waals surface area (Å²) in [6.45, 7) is 0.492. The van der Waals surface area contributed by atoms with Crippen molar-refractivity contribution in [3.8, 4) is 5.75 Å². The standard InChI is InChI=1S/C16H17ClN2O3S/c1-19-10-15(22-2)14(20)9-13(19)16(21)18-7-8-23-12-5-3-11(17)4-6-12/h3-6,9-10H,7-8H2,1-2H3,(H,18,21). The number of hydrogen-bond donors (Lipinski definition) is 1. The number of halogens is 1. The number of carbonyl (C=O) groups is 1. The SMILES string of the molecule is COc1cn(C)c(C(=O)NCCSc2ccc(Cl)cc2)cc1=O. The maximum Gasteiger partial charge on any atom is 0.268 e. The van der Waals surface area contributed by atoms with Gasteiger partial charge >= 0.3 is 0 Å². The second-order valence-corrected chi connectivity index (χ2v) is 6.37. The van der Waals surface area contributed by atoms with E-state index in [2.05, 4.69) is 5.32 Å². The van der Waals surface area contributed by atoms with Crippen LogP contribution in [-0.2, 0) is 7.05 Å². The number of hydrogen-bond acceptors (Lipinski definition) is 4. The van der Waals surface area contributed by atoms with E-state index in [0.29, 0.717) is 17.3 Å². The van der Waals surface area contributed by atoms with Crippen LogP contribution < -0.4 is 15.5 Å². The number of carbonyl (C=O) groups excluding carboxylic acids is 1. The number of benzene rings is 1. The van der Waals surface area contributed by atoms with E-state index in [1.165, 1.54) is 19.4 Å². The lowest BCUT2D eigenvalue weighted by molar-refractivity contribution is 0.0947. The third-order valence-electron chi connectivity index (χ3n) is 3.12. The molecule has 0 atom stereocenters. The summed E-state index contributed by atoms with van der Waals surface area (Å²) in [5, 5.41) is 3.50. The zero-order chi connectivity index (χ0) is 16.8. The Morgan fingerprint density at radius 1 is 1.35 bits per heavy atom. The molecular weight excluding hydrogens is 336 g/mol. The Hall–Kier alpha value is -1.92. The lowest BCUT2D eigenvalue weighted by Gasteiger charge is -2.10. The van der Waals surface area contributed by atoms with Gasteiger partial charge in [0.05, 0.1) is 13.3 Å². The largest absolute Gasteiger partial charge is 0.491 e. The molecule has 2 aromatic rings. The van der Waals surface area contributed by atoms with Crippen LogP contribution in [0.3, 0.4) is 0 Å². The average molecular weight is 353 g/mol. The van der Waals surface area contributed by atoms with Crippen LogP contribution in [0.15, 0.2) is 46.2 Å². The molecule has 1 aromatic heterocycles. The van der Waals surface area contributed by atoms with E-state index in [4.69, 9.17) is 16.3 Å². The molecule has 0 aliphatic heterocycles. The summed E-state index contributed by atoms with van der Waals surface area (Å²) in [5.74, 6) is 0.642. The van der Waals surface area contributed by atoms with E-state index in [-0.39, 0.29) is 17.1 Å². The fourth-order valence-corrected chi connectivity index (χ4v) is 2.83. The number of nitrogens with zero attached hydrogens (tertiary/aromatic N) is 1. The fourth-order valence-electron chi connectivity index (χ4n) is 1.94. The lowest BCUT2D eigenvalue weighted by Crippen LogP contribution is -2.29. The molecule has 0 aliphatic carbocycles. The number of rotatable bonds is 6. The second-order valence-electron chi connectivity index (χ2n) is 4.76. The molecule has 2 rings (SSSR count). The van der Waals surface area contributed by atoms with Gasteiger partial charge in [-0.15, -0.1) is 11.8 Å². The second kappa shape index (κ2) is 8.08. The average Bonchev–Trinajstić information content (AvgIpc) is 2.54. The molecule has 1 aromatic carbocycles. The van der Waals surface area contributed by atoms with Crippen LogP contribution >= 0.6 is 23.4 Å². The quantitative estimate of drug-likeness (QED) is 0.641. The minimum absolute atomic E-state index is 0.211. The first-order chi connectivity index (χ1) is 11.0. The molecule has 5 nitrogen and oxygen atoms in total. The number of thioether (sulfide) groups is 1. The van der Waals surface area contributed by atoms with Gasteiger partial charge < -0.3 is 14.6 Å². The van der Waals surface area contributed by atoms with Crippen LogP contribution in [0, 0.1) is 0 Å². The minimum Gasteiger partial charge on any atom is -0.491 e. The first-order valence-electron chi connectivity index (χ1n) is 6.92. The van der Waals surface area contributed by atoms with Crippen molar-refractivity contribution in [1.82, 2.24) is 9.88 Å². The van der Waals surface area contributed by atoms with Crippen molar-refractivity contribution in [1.29, 1.82) is 0 Å². The van der Waals surface area contributed by atoms with Gasteiger partial charge in [-0.25, -0.2) is 0 Å². The van der Waals surface area contributed by atoms with Crippen LogP contribution in [0.2, 0.25) is 5.02 Å². The number of pyridine rings is 1. The summed E-state index contributed by atoms with van der Waals surface area (Å²) in [4.78, 5) is 25.0. The Kier molecular flexibility index (Phi) is 6.12. The van der Waals surface area contributed by atoms with Gasteiger partial charge in [-0.2, -0.15) is 0 Å². The number of amides is 1. The molecule has 0 saturated heterocycles. The monoisotopic (exact) mass is 352 g/mol. The first-order valence-corrected chi connectivity index (χ1v) is 8.29. The van der Waals surface area contributed by atoms with Crippen LogP contribution in [0.25, 0.3) is 0 Å². The molecular formula is C16H17ClN2O3S. The van der Waals surface area contributed by atoms with Gasteiger partial charge in [0.15, 0.2) is 5.75 Å². The third-order valence-corrected chi connectivity index (χ3v) is 4.39. The molecule has 23 heavy (non-hydrogen) atoms. The normalized spacial score (nSPS) is 10.4. The van der Waals surface area contributed by atoms with Crippen molar-refractivity contribution in [3.05, 3.63) is 57.5 Å². The Balaban J connectivity index is 1.89. The van der Waals surface area contributed by atoms with Crippen LogP contribution in [-0.4, -0.2) is 29.9 Å². The molecule has 1 N–H and O–H groups in total. The molecule has 0 spiro atoms. The van der Waals surface area contributed by atoms with Crippen LogP contribution in [0.4, 0.5) is 0 Å². The van der Waals surface area contributed by atoms with Gasteiger partial charge in [-0.05, 0) is 24.3 Å².